The van der Waals surface area contributed by atoms with Crippen molar-refractivity contribution in [2.24, 2.45) is 17.6 Å². The van der Waals surface area contributed by atoms with Gasteiger partial charge in [-0.25, -0.2) is 9.59 Å². The second kappa shape index (κ2) is 13.6. The van der Waals surface area contributed by atoms with Crippen LogP contribution >= 0.6 is 0 Å². The molecule has 0 unspecified atom stereocenters. The lowest BCUT2D eigenvalue weighted by molar-refractivity contribution is -0.193. The van der Waals surface area contributed by atoms with Gasteiger partial charge in [-0.05, 0) is 80.2 Å². The summed E-state index contributed by atoms with van der Waals surface area (Å²) in [4.78, 5) is 32.6. The fourth-order valence-electron chi connectivity index (χ4n) is 6.66. The molecule has 3 fully saturated rings. The van der Waals surface area contributed by atoms with Gasteiger partial charge in [-0.1, -0.05) is 25.3 Å². The van der Waals surface area contributed by atoms with Crippen molar-refractivity contribution in [3.05, 3.63) is 29.3 Å². The average molecular weight is 611 g/mol. The van der Waals surface area contributed by atoms with E-state index in [1.807, 2.05) is 6.07 Å². The van der Waals surface area contributed by atoms with Crippen LogP contribution in [0.25, 0.3) is 0 Å². The Bertz CT molecular complexity index is 1100. The summed E-state index contributed by atoms with van der Waals surface area (Å²) in [5.41, 5.74) is 8.81. The summed E-state index contributed by atoms with van der Waals surface area (Å²) in [6, 6.07) is 7.17. The van der Waals surface area contributed by atoms with E-state index in [0.717, 1.165) is 11.8 Å². The second-order valence-electron chi connectivity index (χ2n) is 11.3. The molecule has 42 heavy (non-hydrogen) atoms. The van der Waals surface area contributed by atoms with Crippen molar-refractivity contribution in [2.75, 3.05) is 19.6 Å². The van der Waals surface area contributed by atoms with Crippen LogP contribution in [0.15, 0.2) is 18.2 Å². The number of piperidine rings is 1. The van der Waals surface area contributed by atoms with Gasteiger partial charge in [-0.2, -0.15) is 26.3 Å². The highest BCUT2D eigenvalue weighted by Crippen LogP contribution is 2.56. The number of nitrogens with zero attached hydrogens (tertiary/aromatic N) is 1. The van der Waals surface area contributed by atoms with E-state index < -0.39 is 24.3 Å². The van der Waals surface area contributed by atoms with Crippen molar-refractivity contribution in [1.82, 2.24) is 4.90 Å². The zero-order valence-corrected chi connectivity index (χ0v) is 23.0. The molecule has 1 aliphatic heterocycles. The van der Waals surface area contributed by atoms with Crippen LogP contribution in [-0.4, -0.2) is 71.0 Å². The van der Waals surface area contributed by atoms with Crippen LogP contribution in [0.3, 0.4) is 0 Å². The number of ether oxygens (including phenoxy) is 1. The number of alkyl halides is 6. The molecule has 1 saturated heterocycles. The Balaban J connectivity index is 0.000000289. The van der Waals surface area contributed by atoms with E-state index in [1.54, 1.807) is 0 Å². The molecule has 4 aliphatic rings. The number of esters is 1. The number of fused-ring (bicyclic) bond motifs is 1. The molecule has 1 heterocycles. The minimum absolute atomic E-state index is 0.218. The van der Waals surface area contributed by atoms with Crippen molar-refractivity contribution in [1.29, 1.82) is 0 Å². The summed E-state index contributed by atoms with van der Waals surface area (Å²) >= 11 is 0. The largest absolute Gasteiger partial charge is 0.490 e. The highest BCUT2D eigenvalue weighted by atomic mass is 19.4. The number of carboxylic acids is 2. The first-order valence-corrected chi connectivity index (χ1v) is 14.0. The van der Waals surface area contributed by atoms with Crippen molar-refractivity contribution in [3.63, 3.8) is 0 Å². The summed E-state index contributed by atoms with van der Waals surface area (Å²) < 4.78 is 69.1. The zero-order chi connectivity index (χ0) is 31.3. The SMILES string of the molecule is NCCC(=O)Oc1ccc2c(c1)[C@]13CCCC[C@H]1[C@H](C2)N(CC1CCC1)CC3.O=C(O)C(F)(F)F.O=C(O)C(F)(F)F. The standard InChI is InChI=1S/C24H34N2O2.2C2HF3O2/c25-12-9-23(27)28-19-8-7-18-14-22-20-6-1-2-10-24(20,21(18)15-19)11-13-26(22)16-17-4-3-5-17;2*3-2(4,5)1(6)7/h7-8,15,17,20,22H,1-6,9-14,16,25H2;2*(H,6,7)/t20-,22-,24-;;/m0../s1. The van der Waals surface area contributed by atoms with Crippen LogP contribution < -0.4 is 10.5 Å². The lowest BCUT2D eigenvalue weighted by Gasteiger charge is -2.59. The minimum Gasteiger partial charge on any atom is -0.475 e. The number of halogens is 6. The van der Waals surface area contributed by atoms with E-state index in [1.165, 1.54) is 82.0 Å². The quantitative estimate of drug-likeness (QED) is 0.240. The van der Waals surface area contributed by atoms with Gasteiger partial charge >= 0.3 is 30.3 Å². The first-order valence-electron chi connectivity index (χ1n) is 14.0. The molecule has 0 aromatic heterocycles. The molecule has 8 nitrogen and oxygen atoms in total. The Morgan fingerprint density at radius 1 is 0.952 bits per heavy atom. The Labute approximate surface area is 239 Å². The molecule has 14 heteroatoms. The van der Waals surface area contributed by atoms with Gasteiger partial charge in [0.15, 0.2) is 0 Å². The molecule has 0 radical (unpaired) electrons. The van der Waals surface area contributed by atoms with Crippen molar-refractivity contribution in [2.45, 2.75) is 88.0 Å². The van der Waals surface area contributed by atoms with Crippen molar-refractivity contribution in [3.8, 4) is 5.75 Å². The van der Waals surface area contributed by atoms with Crippen LogP contribution in [0.5, 0.6) is 5.75 Å². The van der Waals surface area contributed by atoms with Gasteiger partial charge < -0.3 is 20.7 Å². The zero-order valence-electron chi connectivity index (χ0n) is 23.0. The number of benzene rings is 1. The van der Waals surface area contributed by atoms with E-state index >= 15 is 0 Å². The fourth-order valence-corrected chi connectivity index (χ4v) is 6.66. The summed E-state index contributed by atoms with van der Waals surface area (Å²) in [7, 11) is 0. The molecule has 1 aromatic rings. The van der Waals surface area contributed by atoms with Gasteiger partial charge in [0, 0.05) is 24.5 Å². The molecule has 0 spiro atoms. The summed E-state index contributed by atoms with van der Waals surface area (Å²) in [5.74, 6) is -3.30. The normalized spacial score (nSPS) is 25.2. The Morgan fingerprint density at radius 3 is 2.10 bits per heavy atom. The van der Waals surface area contributed by atoms with Gasteiger partial charge in [-0.15, -0.1) is 0 Å². The van der Waals surface area contributed by atoms with E-state index in [0.29, 0.717) is 23.8 Å². The Morgan fingerprint density at radius 2 is 1.57 bits per heavy atom. The van der Waals surface area contributed by atoms with Crippen molar-refractivity contribution < 1.29 is 55.7 Å². The third-order valence-electron chi connectivity index (χ3n) is 8.71. The molecule has 3 atom stereocenters. The smallest absolute Gasteiger partial charge is 0.475 e. The van der Waals surface area contributed by atoms with Crippen molar-refractivity contribution >= 4 is 17.9 Å². The topological polar surface area (TPSA) is 130 Å². The predicted octanol–water partition coefficient (Wildman–Crippen LogP) is 5.07. The van der Waals surface area contributed by atoms with Gasteiger partial charge in [0.05, 0.1) is 6.42 Å². The van der Waals surface area contributed by atoms with Crippen LogP contribution in [0.2, 0.25) is 0 Å². The average Bonchev–Trinajstić information content (AvgIpc) is 2.87. The monoisotopic (exact) mass is 610 g/mol. The molecule has 5 rings (SSSR count). The molecular weight excluding hydrogens is 574 g/mol. The molecule has 2 bridgehead atoms. The maximum atomic E-state index is 11.9. The highest BCUT2D eigenvalue weighted by molar-refractivity contribution is 5.73. The van der Waals surface area contributed by atoms with Crippen LogP contribution in [-0.2, 0) is 26.2 Å². The number of carboxylic acid groups (broad SMARTS) is 2. The van der Waals surface area contributed by atoms with Gasteiger partial charge in [0.25, 0.3) is 0 Å². The van der Waals surface area contributed by atoms with E-state index in [-0.39, 0.29) is 12.4 Å². The van der Waals surface area contributed by atoms with E-state index in [4.69, 9.17) is 30.3 Å². The summed E-state index contributed by atoms with van der Waals surface area (Å²) in [6.45, 7) is 2.91. The van der Waals surface area contributed by atoms with Gasteiger partial charge in [0.2, 0.25) is 0 Å². The van der Waals surface area contributed by atoms with Gasteiger partial charge in [0.1, 0.15) is 5.75 Å². The number of hydrogen-bond donors (Lipinski definition) is 3. The maximum Gasteiger partial charge on any atom is 0.490 e. The number of rotatable bonds is 5. The molecule has 0 amide bonds. The number of carbonyl (C=O) groups is 3. The number of nitrogens with two attached hydrogens (primary N) is 1. The molecule has 3 aliphatic carbocycles. The second-order valence-corrected chi connectivity index (χ2v) is 11.3. The Hall–Kier alpha value is -2.87. The first-order chi connectivity index (χ1) is 19.6. The summed E-state index contributed by atoms with van der Waals surface area (Å²) in [5, 5.41) is 14.2. The Kier molecular flexibility index (Phi) is 10.9. The van der Waals surface area contributed by atoms with Crippen LogP contribution in [0.4, 0.5) is 26.3 Å². The van der Waals surface area contributed by atoms with E-state index in [9.17, 15) is 31.1 Å². The summed E-state index contributed by atoms with van der Waals surface area (Å²) in [6.07, 6.45) is 2.25. The lowest BCUT2D eigenvalue weighted by atomic mass is 9.52. The highest BCUT2D eigenvalue weighted by Gasteiger charge is 2.54. The molecular formula is C28H36F6N2O6. The van der Waals surface area contributed by atoms with Crippen LogP contribution in [0.1, 0.15) is 68.9 Å². The predicted molar refractivity (Wildman–Crippen MR) is 138 cm³/mol. The number of carbonyl (C=O) groups excluding carboxylic acids is 1. The third kappa shape index (κ3) is 8.15. The fraction of sp³-hybridized carbons (Fsp3) is 0.679. The molecule has 1 aromatic carbocycles. The van der Waals surface area contributed by atoms with E-state index in [2.05, 4.69) is 17.0 Å². The van der Waals surface area contributed by atoms with Crippen LogP contribution in [0, 0.1) is 11.8 Å². The number of aliphatic carboxylic acids is 2. The number of hydrogen-bond acceptors (Lipinski definition) is 6. The molecule has 2 saturated carbocycles. The van der Waals surface area contributed by atoms with Gasteiger partial charge in [-0.3, -0.25) is 9.69 Å². The maximum absolute atomic E-state index is 11.9. The number of likely N-dealkylation sites (tertiary alicyclic amines) is 1. The molecule has 236 valence electrons. The lowest BCUT2D eigenvalue weighted by Crippen LogP contribution is -2.61. The molecule has 4 N–H and O–H groups in total. The minimum atomic E-state index is -5.08. The first kappa shape index (κ1) is 33.6. The third-order valence-corrected chi connectivity index (χ3v) is 8.71.